The predicted molar refractivity (Wildman–Crippen MR) is 69.7 cm³/mol. The number of rotatable bonds is 4. The van der Waals surface area contributed by atoms with Crippen molar-refractivity contribution in [2.45, 2.75) is 25.8 Å². The maximum atomic E-state index is 12.9. The van der Waals surface area contributed by atoms with E-state index in [1.54, 1.807) is 0 Å². The predicted octanol–water partition coefficient (Wildman–Crippen LogP) is 3.18. The summed E-state index contributed by atoms with van der Waals surface area (Å²) in [5, 5.41) is 4.34. The van der Waals surface area contributed by atoms with Crippen LogP contribution in [0.3, 0.4) is 0 Å². The van der Waals surface area contributed by atoms with Gasteiger partial charge >= 0.3 is 0 Å². The third-order valence-corrected chi connectivity index (χ3v) is 3.77. The molecule has 2 aromatic rings. The van der Waals surface area contributed by atoms with E-state index in [9.17, 15) is 4.39 Å². The van der Waals surface area contributed by atoms with Crippen molar-refractivity contribution < 1.29 is 4.39 Å². The van der Waals surface area contributed by atoms with Gasteiger partial charge in [-0.2, -0.15) is 5.10 Å². The zero-order valence-electron chi connectivity index (χ0n) is 9.81. The summed E-state index contributed by atoms with van der Waals surface area (Å²) >= 11 is 3.33. The molecule has 0 atom stereocenters. The molecule has 3 nitrogen and oxygen atoms in total. The van der Waals surface area contributed by atoms with E-state index in [0.29, 0.717) is 10.9 Å². The Hall–Kier alpha value is -1.23. The molecule has 0 aromatic carbocycles. The van der Waals surface area contributed by atoms with Crippen LogP contribution < -0.4 is 0 Å². The van der Waals surface area contributed by atoms with Crippen molar-refractivity contribution in [2.75, 3.05) is 0 Å². The average molecular weight is 310 g/mol. The van der Waals surface area contributed by atoms with Gasteiger partial charge < -0.3 is 0 Å². The van der Waals surface area contributed by atoms with Crippen molar-refractivity contribution >= 4 is 15.9 Å². The van der Waals surface area contributed by atoms with Crippen LogP contribution in [0.15, 0.2) is 29.1 Å². The molecule has 1 aliphatic rings. The molecule has 18 heavy (non-hydrogen) atoms. The van der Waals surface area contributed by atoms with Gasteiger partial charge in [0.15, 0.2) is 0 Å². The lowest BCUT2D eigenvalue weighted by Gasteiger charge is -2.01. The van der Waals surface area contributed by atoms with Crippen molar-refractivity contribution in [1.29, 1.82) is 0 Å². The Bertz CT molecular complexity index is 563. The minimum absolute atomic E-state index is 0.324. The maximum absolute atomic E-state index is 12.9. The molecule has 5 heteroatoms. The van der Waals surface area contributed by atoms with E-state index in [1.807, 2.05) is 10.9 Å². The van der Waals surface area contributed by atoms with E-state index in [1.165, 1.54) is 25.1 Å². The zero-order valence-corrected chi connectivity index (χ0v) is 11.4. The lowest BCUT2D eigenvalue weighted by molar-refractivity contribution is 0.563. The van der Waals surface area contributed by atoms with Crippen LogP contribution in [0.5, 0.6) is 0 Å². The van der Waals surface area contributed by atoms with Crippen LogP contribution in [0.1, 0.15) is 24.1 Å². The number of pyridine rings is 1. The summed E-state index contributed by atoms with van der Waals surface area (Å²) in [7, 11) is 0. The van der Waals surface area contributed by atoms with Gasteiger partial charge in [-0.1, -0.05) is 0 Å². The lowest BCUT2D eigenvalue weighted by atomic mass is 10.2. The van der Waals surface area contributed by atoms with Crippen molar-refractivity contribution in [1.82, 2.24) is 14.8 Å². The number of hydrogen-bond acceptors (Lipinski definition) is 2. The Morgan fingerprint density at radius 3 is 2.94 bits per heavy atom. The highest BCUT2D eigenvalue weighted by molar-refractivity contribution is 9.10. The van der Waals surface area contributed by atoms with Crippen LogP contribution in [0.4, 0.5) is 4.39 Å². The van der Waals surface area contributed by atoms with Gasteiger partial charge in [0.2, 0.25) is 0 Å². The van der Waals surface area contributed by atoms with Crippen molar-refractivity contribution in [3.63, 3.8) is 0 Å². The van der Waals surface area contributed by atoms with Gasteiger partial charge in [-0.25, -0.2) is 4.39 Å². The van der Waals surface area contributed by atoms with E-state index in [2.05, 4.69) is 32.2 Å². The maximum Gasteiger partial charge on any atom is 0.142 e. The summed E-state index contributed by atoms with van der Waals surface area (Å²) in [6.07, 6.45) is 8.47. The monoisotopic (exact) mass is 309 g/mol. The second-order valence-corrected chi connectivity index (χ2v) is 5.63. The highest BCUT2D eigenvalue weighted by atomic mass is 79.9. The standard InChI is InChI=1S/C13H13BrFN3/c14-12-4-11(15)6-16-13(12)3-10-5-17-18(8-10)7-9-1-2-9/h4-6,8-9H,1-3,7H2. The van der Waals surface area contributed by atoms with Gasteiger partial charge in [-0.3, -0.25) is 9.67 Å². The third kappa shape index (κ3) is 2.77. The Balaban J connectivity index is 1.72. The first-order chi connectivity index (χ1) is 8.70. The minimum Gasteiger partial charge on any atom is -0.272 e. The molecule has 94 valence electrons. The van der Waals surface area contributed by atoms with E-state index in [0.717, 1.165) is 23.7 Å². The molecule has 3 rings (SSSR count). The number of nitrogens with zero attached hydrogens (tertiary/aromatic N) is 3. The highest BCUT2D eigenvalue weighted by Crippen LogP contribution is 2.30. The van der Waals surface area contributed by atoms with E-state index >= 15 is 0 Å². The fraction of sp³-hybridized carbons (Fsp3) is 0.385. The SMILES string of the molecule is Fc1cnc(Cc2cnn(CC3CC3)c2)c(Br)c1. The van der Waals surface area contributed by atoms with Gasteiger partial charge in [0.25, 0.3) is 0 Å². The molecule has 0 saturated heterocycles. The highest BCUT2D eigenvalue weighted by Gasteiger charge is 2.22. The topological polar surface area (TPSA) is 30.7 Å². The van der Waals surface area contributed by atoms with Crippen LogP contribution in [-0.2, 0) is 13.0 Å². The molecule has 0 amide bonds. The molecule has 0 unspecified atom stereocenters. The summed E-state index contributed by atoms with van der Waals surface area (Å²) in [5.74, 6) is 0.489. The first-order valence-corrected chi connectivity index (χ1v) is 6.81. The molecular weight excluding hydrogens is 297 g/mol. The number of hydrogen-bond donors (Lipinski definition) is 0. The minimum atomic E-state index is -0.324. The fourth-order valence-electron chi connectivity index (χ4n) is 1.93. The van der Waals surface area contributed by atoms with Gasteiger partial charge in [0.05, 0.1) is 18.1 Å². The Labute approximate surface area is 113 Å². The summed E-state index contributed by atoms with van der Waals surface area (Å²) in [6, 6.07) is 1.44. The zero-order chi connectivity index (χ0) is 12.5. The fourth-order valence-corrected chi connectivity index (χ4v) is 2.39. The van der Waals surface area contributed by atoms with Crippen LogP contribution >= 0.6 is 15.9 Å². The molecule has 1 saturated carbocycles. The summed E-state index contributed by atoms with van der Waals surface area (Å²) in [4.78, 5) is 4.10. The van der Waals surface area contributed by atoms with Crippen molar-refractivity contribution in [3.05, 3.63) is 46.2 Å². The van der Waals surface area contributed by atoms with Gasteiger partial charge in [0.1, 0.15) is 5.82 Å². The third-order valence-electron chi connectivity index (χ3n) is 3.08. The quantitative estimate of drug-likeness (QED) is 0.868. The molecule has 2 aromatic heterocycles. The molecule has 2 heterocycles. The normalized spacial score (nSPS) is 15.0. The largest absolute Gasteiger partial charge is 0.272 e. The first kappa shape index (κ1) is 11.8. The van der Waals surface area contributed by atoms with E-state index in [4.69, 9.17) is 0 Å². The first-order valence-electron chi connectivity index (χ1n) is 6.02. The van der Waals surface area contributed by atoms with Crippen molar-refractivity contribution in [2.24, 2.45) is 5.92 Å². The lowest BCUT2D eigenvalue weighted by Crippen LogP contribution is -1.99. The number of aromatic nitrogens is 3. The van der Waals surface area contributed by atoms with Crippen LogP contribution in [0.2, 0.25) is 0 Å². The number of halogens is 2. The molecule has 0 aliphatic heterocycles. The smallest absolute Gasteiger partial charge is 0.142 e. The summed E-state index contributed by atoms with van der Waals surface area (Å²) in [6.45, 7) is 1.01. The molecule has 1 aliphatic carbocycles. The van der Waals surface area contributed by atoms with Crippen molar-refractivity contribution in [3.8, 4) is 0 Å². The Morgan fingerprint density at radius 2 is 2.22 bits per heavy atom. The Morgan fingerprint density at radius 1 is 1.39 bits per heavy atom. The van der Waals surface area contributed by atoms with E-state index in [-0.39, 0.29) is 5.82 Å². The average Bonchev–Trinajstić information content (AvgIpc) is 3.02. The van der Waals surface area contributed by atoms with E-state index < -0.39 is 0 Å². The van der Waals surface area contributed by atoms with Gasteiger partial charge in [-0.15, -0.1) is 0 Å². The second-order valence-electron chi connectivity index (χ2n) is 4.77. The summed E-state index contributed by atoms with van der Waals surface area (Å²) in [5.41, 5.74) is 1.94. The molecular formula is C13H13BrFN3. The molecule has 0 radical (unpaired) electrons. The summed E-state index contributed by atoms with van der Waals surface area (Å²) < 4.78 is 15.6. The Kier molecular flexibility index (Phi) is 3.16. The molecule has 0 spiro atoms. The molecule has 0 bridgehead atoms. The van der Waals surface area contributed by atoms with Gasteiger partial charge in [-0.05, 0) is 46.3 Å². The molecule has 0 N–H and O–H groups in total. The van der Waals surface area contributed by atoms with Crippen LogP contribution in [0.25, 0.3) is 0 Å². The van der Waals surface area contributed by atoms with Gasteiger partial charge in [0, 0.05) is 23.6 Å². The van der Waals surface area contributed by atoms with Crippen LogP contribution in [0, 0.1) is 11.7 Å². The van der Waals surface area contributed by atoms with Crippen LogP contribution in [-0.4, -0.2) is 14.8 Å². The second kappa shape index (κ2) is 4.80. The molecule has 1 fully saturated rings.